The first-order chi connectivity index (χ1) is 16.5. The first kappa shape index (κ1) is 23.5. The van der Waals surface area contributed by atoms with Crippen LogP contribution in [-0.2, 0) is 12.5 Å². The summed E-state index contributed by atoms with van der Waals surface area (Å²) in [6.07, 6.45) is -3.71. The standard InChI is InChI=1S/C25H22BrF2N3O4/c1-13-29-22(23(33-13)14-5-8-19-20(9-14)35-25(27,28)34-19)17-10-15(26)6-7-16(17)18-11-21(30-31(18)4)24(2,3)12-32/h5-11,32H,12H2,1-4H3. The number of hydrogen-bond acceptors (Lipinski definition) is 6. The molecule has 5 rings (SSSR count). The monoisotopic (exact) mass is 545 g/mol. The number of rotatable bonds is 5. The Labute approximate surface area is 208 Å². The van der Waals surface area contributed by atoms with Crippen molar-refractivity contribution in [1.29, 1.82) is 0 Å². The van der Waals surface area contributed by atoms with Crippen LogP contribution in [0.4, 0.5) is 8.78 Å². The van der Waals surface area contributed by atoms with Gasteiger partial charge in [0, 0.05) is 40.5 Å². The van der Waals surface area contributed by atoms with Crippen molar-refractivity contribution in [3.05, 3.63) is 58.5 Å². The van der Waals surface area contributed by atoms with E-state index in [9.17, 15) is 13.9 Å². The molecule has 3 heterocycles. The smallest absolute Gasteiger partial charge is 0.440 e. The molecule has 0 unspecified atom stereocenters. The summed E-state index contributed by atoms with van der Waals surface area (Å²) < 4.78 is 44.8. The molecule has 0 saturated carbocycles. The number of hydrogen-bond donors (Lipinski definition) is 1. The quantitative estimate of drug-likeness (QED) is 0.327. The van der Waals surface area contributed by atoms with Gasteiger partial charge in [-0.2, -0.15) is 5.10 Å². The highest BCUT2D eigenvalue weighted by molar-refractivity contribution is 9.10. The van der Waals surface area contributed by atoms with Gasteiger partial charge in [-0.1, -0.05) is 35.8 Å². The minimum atomic E-state index is -3.71. The van der Waals surface area contributed by atoms with E-state index in [1.165, 1.54) is 12.1 Å². The van der Waals surface area contributed by atoms with Gasteiger partial charge in [-0.25, -0.2) is 4.98 Å². The van der Waals surface area contributed by atoms with Crippen molar-refractivity contribution in [2.24, 2.45) is 7.05 Å². The van der Waals surface area contributed by atoms with Gasteiger partial charge in [-0.15, -0.1) is 8.78 Å². The Morgan fingerprint density at radius 3 is 2.54 bits per heavy atom. The highest BCUT2D eigenvalue weighted by Crippen LogP contribution is 2.45. The van der Waals surface area contributed by atoms with E-state index in [4.69, 9.17) is 4.42 Å². The van der Waals surface area contributed by atoms with Gasteiger partial charge in [0.25, 0.3) is 0 Å². The van der Waals surface area contributed by atoms with E-state index >= 15 is 0 Å². The molecular weight excluding hydrogens is 524 g/mol. The maximum atomic E-state index is 13.5. The van der Waals surface area contributed by atoms with Gasteiger partial charge in [0.1, 0.15) is 5.69 Å². The number of nitrogens with zero attached hydrogens (tertiary/aromatic N) is 3. The third-order valence-electron chi connectivity index (χ3n) is 5.88. The van der Waals surface area contributed by atoms with Crippen molar-refractivity contribution in [1.82, 2.24) is 14.8 Å². The molecule has 0 atom stereocenters. The summed E-state index contributed by atoms with van der Waals surface area (Å²) >= 11 is 3.54. The second-order valence-corrected chi connectivity index (χ2v) is 9.93. The van der Waals surface area contributed by atoms with Crippen LogP contribution in [0.15, 0.2) is 51.4 Å². The van der Waals surface area contributed by atoms with Crippen LogP contribution in [0.2, 0.25) is 0 Å². The first-order valence-corrected chi connectivity index (χ1v) is 11.6. The van der Waals surface area contributed by atoms with Crippen LogP contribution in [0.5, 0.6) is 11.5 Å². The largest absolute Gasteiger partial charge is 0.586 e. The molecule has 182 valence electrons. The molecule has 2 aromatic carbocycles. The molecule has 0 fully saturated rings. The van der Waals surface area contributed by atoms with E-state index < -0.39 is 11.7 Å². The number of fused-ring (bicyclic) bond motifs is 1. The number of halogens is 3. The molecule has 0 radical (unpaired) electrons. The molecule has 1 aliphatic heterocycles. The Morgan fingerprint density at radius 2 is 1.80 bits per heavy atom. The lowest BCUT2D eigenvalue weighted by Gasteiger charge is -2.18. The zero-order valence-corrected chi connectivity index (χ0v) is 21.0. The predicted octanol–water partition coefficient (Wildman–Crippen LogP) is 6.07. The summed E-state index contributed by atoms with van der Waals surface area (Å²) in [4.78, 5) is 4.63. The maximum Gasteiger partial charge on any atom is 0.586 e. The van der Waals surface area contributed by atoms with Gasteiger partial charge >= 0.3 is 6.29 Å². The number of aryl methyl sites for hydroxylation is 2. The Hall–Kier alpha value is -3.24. The number of aliphatic hydroxyl groups excluding tert-OH is 1. The molecule has 0 spiro atoms. The number of oxazole rings is 1. The fraction of sp³-hybridized carbons (Fsp3) is 0.280. The van der Waals surface area contributed by atoms with Gasteiger partial charge in [-0.05, 0) is 36.4 Å². The van der Waals surface area contributed by atoms with E-state index in [0.717, 1.165) is 27.0 Å². The number of ether oxygens (including phenoxy) is 2. The molecule has 1 N–H and O–H groups in total. The molecule has 0 bridgehead atoms. The fourth-order valence-electron chi connectivity index (χ4n) is 3.96. The van der Waals surface area contributed by atoms with Gasteiger partial charge in [0.2, 0.25) is 0 Å². The Balaban J connectivity index is 1.66. The molecule has 0 saturated heterocycles. The Morgan fingerprint density at radius 1 is 1.06 bits per heavy atom. The van der Waals surface area contributed by atoms with Gasteiger partial charge in [0.05, 0.1) is 18.0 Å². The highest BCUT2D eigenvalue weighted by Gasteiger charge is 2.43. The topological polar surface area (TPSA) is 82.5 Å². The normalized spacial score (nSPS) is 14.5. The molecule has 2 aromatic heterocycles. The fourth-order valence-corrected chi connectivity index (χ4v) is 4.32. The molecule has 0 aliphatic carbocycles. The van der Waals surface area contributed by atoms with E-state index in [2.05, 4.69) is 35.5 Å². The number of aromatic nitrogens is 3. The van der Waals surface area contributed by atoms with Crippen LogP contribution < -0.4 is 9.47 Å². The van der Waals surface area contributed by atoms with Gasteiger partial charge < -0.3 is 19.0 Å². The summed E-state index contributed by atoms with van der Waals surface area (Å²) in [7, 11) is 1.84. The maximum absolute atomic E-state index is 13.5. The minimum Gasteiger partial charge on any atom is -0.440 e. The van der Waals surface area contributed by atoms with Crippen molar-refractivity contribution >= 4 is 15.9 Å². The molecule has 1 aliphatic rings. The zero-order chi connectivity index (χ0) is 25.1. The lowest BCUT2D eigenvalue weighted by atomic mass is 9.90. The Kier molecular flexibility index (Phi) is 5.48. The SMILES string of the molecule is Cc1nc(-c2cc(Br)ccc2-c2cc(C(C)(C)CO)nn2C)c(-c2ccc3c(c2)OC(F)(F)O3)o1. The molecule has 35 heavy (non-hydrogen) atoms. The molecular formula is C25H22BrF2N3O4. The summed E-state index contributed by atoms with van der Waals surface area (Å²) in [6, 6.07) is 12.2. The molecule has 7 nitrogen and oxygen atoms in total. The summed E-state index contributed by atoms with van der Waals surface area (Å²) in [5, 5.41) is 14.4. The van der Waals surface area contributed by atoms with Crippen molar-refractivity contribution in [2.45, 2.75) is 32.5 Å². The van der Waals surface area contributed by atoms with Crippen LogP contribution in [0.25, 0.3) is 33.8 Å². The van der Waals surface area contributed by atoms with Crippen molar-refractivity contribution < 1.29 is 27.8 Å². The van der Waals surface area contributed by atoms with E-state index in [1.807, 2.05) is 45.2 Å². The number of benzene rings is 2. The second kappa shape index (κ2) is 8.17. The highest BCUT2D eigenvalue weighted by atomic mass is 79.9. The molecule has 0 amide bonds. The predicted molar refractivity (Wildman–Crippen MR) is 128 cm³/mol. The number of aliphatic hydroxyl groups is 1. The summed E-state index contributed by atoms with van der Waals surface area (Å²) in [5.41, 5.74) is 3.69. The third-order valence-corrected chi connectivity index (χ3v) is 6.37. The minimum absolute atomic E-state index is 0.0476. The Bertz CT molecular complexity index is 1440. The average Bonchev–Trinajstić information content (AvgIpc) is 3.46. The molecule has 4 aromatic rings. The van der Waals surface area contributed by atoms with E-state index in [-0.39, 0.29) is 18.1 Å². The second-order valence-electron chi connectivity index (χ2n) is 9.01. The van der Waals surface area contributed by atoms with E-state index in [1.54, 1.807) is 17.7 Å². The van der Waals surface area contributed by atoms with E-state index in [0.29, 0.717) is 22.9 Å². The van der Waals surface area contributed by atoms with Crippen LogP contribution >= 0.6 is 15.9 Å². The van der Waals surface area contributed by atoms with Crippen molar-refractivity contribution in [2.75, 3.05) is 6.61 Å². The third kappa shape index (κ3) is 4.21. The zero-order valence-electron chi connectivity index (χ0n) is 19.4. The van der Waals surface area contributed by atoms with Crippen molar-refractivity contribution in [3.63, 3.8) is 0 Å². The summed E-state index contributed by atoms with van der Waals surface area (Å²) in [5.74, 6) is 0.690. The van der Waals surface area contributed by atoms with Crippen LogP contribution in [-0.4, -0.2) is 32.8 Å². The lowest BCUT2D eigenvalue weighted by molar-refractivity contribution is -0.286. The van der Waals surface area contributed by atoms with Crippen molar-refractivity contribution in [3.8, 4) is 45.3 Å². The van der Waals surface area contributed by atoms with Crippen LogP contribution in [0.1, 0.15) is 25.4 Å². The van der Waals surface area contributed by atoms with Gasteiger partial charge in [-0.3, -0.25) is 4.68 Å². The van der Waals surface area contributed by atoms with Crippen LogP contribution in [0, 0.1) is 6.92 Å². The van der Waals surface area contributed by atoms with Crippen LogP contribution in [0.3, 0.4) is 0 Å². The average molecular weight is 546 g/mol. The van der Waals surface area contributed by atoms with Gasteiger partial charge in [0.15, 0.2) is 23.1 Å². The lowest BCUT2D eigenvalue weighted by Crippen LogP contribution is -2.25. The summed E-state index contributed by atoms with van der Waals surface area (Å²) in [6.45, 7) is 5.51. The molecule has 10 heteroatoms. The number of alkyl halides is 2. The first-order valence-electron chi connectivity index (χ1n) is 10.8.